The lowest BCUT2D eigenvalue weighted by Gasteiger charge is -2.15. The van der Waals surface area contributed by atoms with E-state index >= 15 is 0 Å². The first-order chi connectivity index (χ1) is 9.74. The SMILES string of the molecule is CC(C)CNCC1CCC(COCc2ccccc2)O1. The minimum absolute atomic E-state index is 0.268. The van der Waals surface area contributed by atoms with Crippen molar-refractivity contribution in [2.75, 3.05) is 19.7 Å². The van der Waals surface area contributed by atoms with E-state index in [1.165, 1.54) is 5.56 Å². The number of hydrogen-bond acceptors (Lipinski definition) is 3. The smallest absolute Gasteiger partial charge is 0.0814 e. The lowest BCUT2D eigenvalue weighted by atomic mass is 10.2. The molecule has 0 amide bonds. The molecule has 2 unspecified atom stereocenters. The molecule has 1 aliphatic heterocycles. The van der Waals surface area contributed by atoms with Crippen molar-refractivity contribution in [3.05, 3.63) is 35.9 Å². The van der Waals surface area contributed by atoms with Crippen molar-refractivity contribution < 1.29 is 9.47 Å². The van der Waals surface area contributed by atoms with E-state index in [9.17, 15) is 0 Å². The maximum atomic E-state index is 5.99. The first kappa shape index (κ1) is 15.5. The van der Waals surface area contributed by atoms with Gasteiger partial charge in [-0.1, -0.05) is 44.2 Å². The molecule has 0 aliphatic carbocycles. The summed E-state index contributed by atoms with van der Waals surface area (Å²) in [6.07, 6.45) is 2.89. The zero-order valence-electron chi connectivity index (χ0n) is 12.7. The highest BCUT2D eigenvalue weighted by Crippen LogP contribution is 2.19. The molecule has 1 fully saturated rings. The number of rotatable bonds is 8. The van der Waals surface area contributed by atoms with Crippen molar-refractivity contribution >= 4 is 0 Å². The van der Waals surface area contributed by atoms with Crippen molar-refractivity contribution in [2.45, 2.75) is 45.5 Å². The second-order valence-electron chi connectivity index (χ2n) is 6.01. The van der Waals surface area contributed by atoms with Crippen molar-refractivity contribution in [2.24, 2.45) is 5.92 Å². The van der Waals surface area contributed by atoms with Crippen molar-refractivity contribution in [1.82, 2.24) is 5.32 Å². The van der Waals surface area contributed by atoms with Crippen LogP contribution >= 0.6 is 0 Å². The summed E-state index contributed by atoms with van der Waals surface area (Å²) in [6, 6.07) is 10.3. The van der Waals surface area contributed by atoms with Crippen LogP contribution in [0.1, 0.15) is 32.3 Å². The number of nitrogens with one attached hydrogen (secondary N) is 1. The molecule has 0 aromatic heterocycles. The van der Waals surface area contributed by atoms with Gasteiger partial charge in [0.05, 0.1) is 25.4 Å². The van der Waals surface area contributed by atoms with E-state index in [0.29, 0.717) is 25.2 Å². The molecule has 0 bridgehead atoms. The molecule has 112 valence electrons. The zero-order chi connectivity index (χ0) is 14.2. The number of ether oxygens (including phenoxy) is 2. The molecule has 1 N–H and O–H groups in total. The summed E-state index contributed by atoms with van der Waals surface area (Å²) in [7, 11) is 0. The van der Waals surface area contributed by atoms with Gasteiger partial charge >= 0.3 is 0 Å². The molecule has 1 heterocycles. The molecule has 3 nitrogen and oxygen atoms in total. The van der Waals surface area contributed by atoms with E-state index in [2.05, 4.69) is 31.3 Å². The van der Waals surface area contributed by atoms with Crippen LogP contribution in [0.25, 0.3) is 0 Å². The monoisotopic (exact) mass is 277 g/mol. The number of benzene rings is 1. The van der Waals surface area contributed by atoms with Crippen LogP contribution in [0.15, 0.2) is 30.3 Å². The van der Waals surface area contributed by atoms with E-state index < -0.39 is 0 Å². The molecule has 0 radical (unpaired) electrons. The molecule has 1 aromatic carbocycles. The van der Waals surface area contributed by atoms with E-state index in [0.717, 1.165) is 25.9 Å². The van der Waals surface area contributed by atoms with Gasteiger partial charge in [-0.05, 0) is 30.9 Å². The minimum Gasteiger partial charge on any atom is -0.374 e. The predicted octanol–water partition coefficient (Wildman–Crippen LogP) is 3.00. The Morgan fingerprint density at radius 3 is 2.70 bits per heavy atom. The maximum Gasteiger partial charge on any atom is 0.0814 e. The third-order valence-electron chi connectivity index (χ3n) is 3.54. The Morgan fingerprint density at radius 2 is 1.95 bits per heavy atom. The van der Waals surface area contributed by atoms with Gasteiger partial charge in [0.15, 0.2) is 0 Å². The fourth-order valence-electron chi connectivity index (χ4n) is 2.47. The van der Waals surface area contributed by atoms with Crippen LogP contribution in [0.4, 0.5) is 0 Å². The molecule has 3 heteroatoms. The van der Waals surface area contributed by atoms with Crippen molar-refractivity contribution in [3.8, 4) is 0 Å². The molecular formula is C17H27NO2. The number of hydrogen-bond donors (Lipinski definition) is 1. The highest BCUT2D eigenvalue weighted by Gasteiger charge is 2.24. The summed E-state index contributed by atoms with van der Waals surface area (Å²) >= 11 is 0. The Morgan fingerprint density at radius 1 is 1.20 bits per heavy atom. The summed E-state index contributed by atoms with van der Waals surface area (Å²) < 4.78 is 11.7. The standard InChI is InChI=1S/C17H27NO2/c1-14(2)10-18-11-16-8-9-17(20-16)13-19-12-15-6-4-3-5-7-15/h3-7,14,16-18H,8-13H2,1-2H3. The first-order valence-electron chi connectivity index (χ1n) is 7.72. The van der Waals surface area contributed by atoms with Crippen LogP contribution in [0.5, 0.6) is 0 Å². The van der Waals surface area contributed by atoms with Crippen molar-refractivity contribution in [3.63, 3.8) is 0 Å². The maximum absolute atomic E-state index is 5.99. The van der Waals surface area contributed by atoms with Gasteiger partial charge in [0, 0.05) is 6.54 Å². The van der Waals surface area contributed by atoms with E-state index in [-0.39, 0.29) is 6.10 Å². The second kappa shape index (κ2) is 8.40. The summed E-state index contributed by atoms with van der Waals surface area (Å²) in [5.74, 6) is 0.696. The quantitative estimate of drug-likeness (QED) is 0.792. The van der Waals surface area contributed by atoms with Crippen LogP contribution in [0.2, 0.25) is 0 Å². The Bertz CT molecular complexity index is 367. The fraction of sp³-hybridized carbons (Fsp3) is 0.647. The zero-order valence-corrected chi connectivity index (χ0v) is 12.7. The van der Waals surface area contributed by atoms with Crippen molar-refractivity contribution in [1.29, 1.82) is 0 Å². The molecule has 1 aliphatic rings. The molecule has 2 rings (SSSR count). The Hall–Kier alpha value is -0.900. The Kier molecular flexibility index (Phi) is 6.51. The topological polar surface area (TPSA) is 30.5 Å². The van der Waals surface area contributed by atoms with Gasteiger partial charge in [0.1, 0.15) is 0 Å². The summed E-state index contributed by atoms with van der Waals surface area (Å²) in [5, 5.41) is 3.46. The summed E-state index contributed by atoms with van der Waals surface area (Å²) in [4.78, 5) is 0. The van der Waals surface area contributed by atoms with E-state index in [4.69, 9.17) is 9.47 Å². The van der Waals surface area contributed by atoms with Gasteiger partial charge < -0.3 is 14.8 Å². The van der Waals surface area contributed by atoms with E-state index in [1.54, 1.807) is 0 Å². The highest BCUT2D eigenvalue weighted by atomic mass is 16.5. The predicted molar refractivity (Wildman–Crippen MR) is 81.7 cm³/mol. The molecule has 1 saturated heterocycles. The van der Waals surface area contributed by atoms with Gasteiger partial charge in [0.25, 0.3) is 0 Å². The largest absolute Gasteiger partial charge is 0.374 e. The van der Waals surface area contributed by atoms with Gasteiger partial charge in [-0.2, -0.15) is 0 Å². The Balaban J connectivity index is 1.57. The molecule has 20 heavy (non-hydrogen) atoms. The molecule has 1 aromatic rings. The van der Waals surface area contributed by atoms with Crippen LogP contribution in [0, 0.1) is 5.92 Å². The highest BCUT2D eigenvalue weighted by molar-refractivity contribution is 5.13. The summed E-state index contributed by atoms with van der Waals surface area (Å²) in [5.41, 5.74) is 1.22. The van der Waals surface area contributed by atoms with Gasteiger partial charge in [-0.15, -0.1) is 0 Å². The molecule has 0 spiro atoms. The van der Waals surface area contributed by atoms with Gasteiger partial charge in [-0.25, -0.2) is 0 Å². The molecule has 0 saturated carbocycles. The normalized spacial score (nSPS) is 22.6. The van der Waals surface area contributed by atoms with E-state index in [1.807, 2.05) is 18.2 Å². The van der Waals surface area contributed by atoms with Crippen LogP contribution in [-0.2, 0) is 16.1 Å². The average molecular weight is 277 g/mol. The van der Waals surface area contributed by atoms with Crippen LogP contribution < -0.4 is 5.32 Å². The minimum atomic E-state index is 0.268. The fourth-order valence-corrected chi connectivity index (χ4v) is 2.47. The third kappa shape index (κ3) is 5.61. The van der Waals surface area contributed by atoms with Gasteiger partial charge in [-0.3, -0.25) is 0 Å². The average Bonchev–Trinajstić information content (AvgIpc) is 2.87. The van der Waals surface area contributed by atoms with Crippen LogP contribution in [-0.4, -0.2) is 31.9 Å². The third-order valence-corrected chi connectivity index (χ3v) is 3.54. The molecular weight excluding hydrogens is 250 g/mol. The summed E-state index contributed by atoms with van der Waals surface area (Å²) in [6.45, 7) is 7.86. The first-order valence-corrected chi connectivity index (χ1v) is 7.72. The Labute approximate surface area is 122 Å². The lowest BCUT2D eigenvalue weighted by molar-refractivity contribution is -0.0191. The second-order valence-corrected chi connectivity index (χ2v) is 6.01. The lowest BCUT2D eigenvalue weighted by Crippen LogP contribution is -2.30. The van der Waals surface area contributed by atoms with Gasteiger partial charge in [0.2, 0.25) is 0 Å². The van der Waals surface area contributed by atoms with Crippen LogP contribution in [0.3, 0.4) is 0 Å². The molecule has 2 atom stereocenters.